The van der Waals surface area contributed by atoms with Crippen molar-refractivity contribution >= 4 is 12.4 Å². The third kappa shape index (κ3) is 77.6. The lowest BCUT2D eigenvalue weighted by Crippen LogP contribution is -2.35. The average molecular weight is 241 g/mol. The number of nitrogens with zero attached hydrogens (tertiary/aromatic N) is 1. The van der Waals surface area contributed by atoms with Gasteiger partial charge in [0.05, 0.1) is 27.7 Å². The van der Waals surface area contributed by atoms with Crippen LogP contribution in [0.15, 0.2) is 0 Å². The Kier molecular flexibility index (Phi) is 32.2. The quantitative estimate of drug-likeness (QED) is 0.625. The molecule has 0 fully saturated rings. The van der Waals surface area contributed by atoms with Gasteiger partial charge in [0.1, 0.15) is 0 Å². The molecule has 98 valence electrons. The zero-order chi connectivity index (χ0) is 12.0. The summed E-state index contributed by atoms with van der Waals surface area (Å²) >= 11 is 0. The number of unbranched alkanes of at least 4 members (excludes halogenated alkanes) is 1. The first-order valence-electron chi connectivity index (χ1n) is 6.19. The minimum atomic E-state index is 0. The first kappa shape index (κ1) is 24.5. The molecule has 0 atom stereocenters. The van der Waals surface area contributed by atoms with Crippen LogP contribution >= 0.6 is 12.4 Å². The Morgan fingerprint density at radius 2 is 1.00 bits per heavy atom. The molecule has 0 aliphatic carbocycles. The highest BCUT2D eigenvalue weighted by molar-refractivity contribution is 5.85. The molecule has 0 aromatic rings. The van der Waals surface area contributed by atoms with Gasteiger partial charge in [0, 0.05) is 0 Å². The Morgan fingerprint density at radius 1 is 0.733 bits per heavy atom. The molecule has 0 rings (SSSR count). The molecule has 0 spiro atoms. The highest BCUT2D eigenvalue weighted by Crippen LogP contribution is 1.95. The number of hydrogen-bond donors (Lipinski definition) is 0. The van der Waals surface area contributed by atoms with Gasteiger partial charge in [-0.05, 0) is 6.42 Å². The van der Waals surface area contributed by atoms with E-state index in [9.17, 15) is 0 Å². The van der Waals surface area contributed by atoms with Crippen molar-refractivity contribution in [2.75, 3.05) is 27.7 Å². The van der Waals surface area contributed by atoms with Crippen LogP contribution in [-0.4, -0.2) is 32.2 Å². The number of hydrogen-bond acceptors (Lipinski definition) is 0. The third-order valence-electron chi connectivity index (χ3n) is 1.18. The normalized spacial score (nSPS) is 8.80. The van der Waals surface area contributed by atoms with Crippen molar-refractivity contribution in [2.24, 2.45) is 0 Å². The first-order chi connectivity index (χ1) is 6.39. The lowest BCUT2D eigenvalue weighted by Gasteiger charge is -2.23. The third-order valence-corrected chi connectivity index (χ3v) is 1.18. The van der Waals surface area contributed by atoms with Crippen molar-refractivity contribution in [3.05, 3.63) is 0 Å². The Morgan fingerprint density at radius 3 is 1.07 bits per heavy atom. The molecule has 15 heavy (non-hydrogen) atoms. The average Bonchev–Trinajstić information content (AvgIpc) is 2.02. The molecule has 0 saturated heterocycles. The Labute approximate surface area is 105 Å². The largest absolute Gasteiger partial charge is 0.331 e. The van der Waals surface area contributed by atoms with Crippen molar-refractivity contribution in [1.29, 1.82) is 0 Å². The van der Waals surface area contributed by atoms with Gasteiger partial charge in [0.2, 0.25) is 0 Å². The van der Waals surface area contributed by atoms with Crippen molar-refractivity contribution in [3.8, 4) is 0 Å². The summed E-state index contributed by atoms with van der Waals surface area (Å²) < 4.78 is 1.10. The molecule has 0 amide bonds. The van der Waals surface area contributed by atoms with Crippen LogP contribution in [0.1, 0.15) is 60.3 Å². The zero-order valence-corrected chi connectivity index (χ0v) is 13.2. The Bertz CT molecular complexity index is 75.1. The summed E-state index contributed by atoms with van der Waals surface area (Å²) in [6.45, 7) is 12.0. The summed E-state index contributed by atoms with van der Waals surface area (Å²) in [7, 11) is 6.70. The molecule has 0 radical (unpaired) electrons. The summed E-state index contributed by atoms with van der Waals surface area (Å²) in [5, 5.41) is 0. The summed E-state index contributed by atoms with van der Waals surface area (Å²) in [6.07, 6.45) is 5.17. The fourth-order valence-corrected chi connectivity index (χ4v) is 0.632. The molecule has 1 nitrogen and oxygen atoms in total. The molecule has 0 aromatic carbocycles. The second-order valence-electron chi connectivity index (χ2n) is 4.78. The number of rotatable bonds is 3. The van der Waals surface area contributed by atoms with Gasteiger partial charge in [0.25, 0.3) is 0 Å². The minimum absolute atomic E-state index is 0. The number of halogens is 1. The van der Waals surface area contributed by atoms with E-state index in [-0.39, 0.29) is 12.4 Å². The van der Waals surface area contributed by atoms with Crippen molar-refractivity contribution in [3.63, 3.8) is 0 Å². The van der Waals surface area contributed by atoms with Crippen LogP contribution in [0.5, 0.6) is 0 Å². The molecule has 0 aromatic heterocycles. The second-order valence-corrected chi connectivity index (χ2v) is 4.78. The molecule has 0 saturated carbocycles. The van der Waals surface area contributed by atoms with E-state index < -0.39 is 0 Å². The lowest BCUT2D eigenvalue weighted by molar-refractivity contribution is -0.870. The van der Waals surface area contributed by atoms with E-state index >= 15 is 0 Å². The van der Waals surface area contributed by atoms with E-state index in [1.807, 2.05) is 0 Å². The van der Waals surface area contributed by atoms with Crippen LogP contribution in [0, 0.1) is 0 Å². The highest BCUT2D eigenvalue weighted by Gasteiger charge is 2.02. The topological polar surface area (TPSA) is 0 Å². The van der Waals surface area contributed by atoms with Crippen LogP contribution in [-0.2, 0) is 0 Å². The molecular formula is C13H35ClN+. The first-order valence-corrected chi connectivity index (χ1v) is 6.19. The van der Waals surface area contributed by atoms with Gasteiger partial charge in [-0.2, -0.15) is 0 Å². The molecule has 2 heteroatoms. The smallest absolute Gasteiger partial charge is 0.0780 e. The van der Waals surface area contributed by atoms with Crippen LogP contribution in [0.2, 0.25) is 0 Å². The van der Waals surface area contributed by atoms with E-state index in [1.165, 1.54) is 32.2 Å². The van der Waals surface area contributed by atoms with Crippen molar-refractivity contribution in [2.45, 2.75) is 60.3 Å². The fraction of sp³-hybridized carbons (Fsp3) is 1.00. The van der Waals surface area contributed by atoms with Gasteiger partial charge in [-0.15, -0.1) is 12.4 Å². The van der Waals surface area contributed by atoms with E-state index in [1.54, 1.807) is 0 Å². The Hall–Kier alpha value is 0.250. The van der Waals surface area contributed by atoms with Gasteiger partial charge < -0.3 is 4.48 Å². The standard InChI is InChI=1S/C7H18N.2C3H8.ClH/c1-5-6-7-8(2,3)4;2*1-3-2;/h5-7H2,1-4H3;2*3H2,1-2H3;1H/q+1;;;. The molecule has 0 unspecified atom stereocenters. The molecule has 0 aliphatic heterocycles. The SMILES string of the molecule is CCC.CCC.CCCC[N+](C)(C)C.Cl. The van der Waals surface area contributed by atoms with Crippen molar-refractivity contribution < 1.29 is 4.48 Å². The summed E-state index contributed by atoms with van der Waals surface area (Å²) in [5.41, 5.74) is 0. The summed E-state index contributed by atoms with van der Waals surface area (Å²) in [6, 6.07) is 0. The maximum Gasteiger partial charge on any atom is 0.0780 e. The number of quaternary nitrogens is 1. The van der Waals surface area contributed by atoms with Gasteiger partial charge in [-0.25, -0.2) is 0 Å². The van der Waals surface area contributed by atoms with Crippen molar-refractivity contribution in [1.82, 2.24) is 0 Å². The lowest BCUT2D eigenvalue weighted by atomic mass is 10.3. The maximum absolute atomic E-state index is 2.23. The van der Waals surface area contributed by atoms with Gasteiger partial charge in [-0.3, -0.25) is 0 Å². The summed E-state index contributed by atoms with van der Waals surface area (Å²) in [4.78, 5) is 0. The van der Waals surface area contributed by atoms with Crippen LogP contribution in [0.4, 0.5) is 0 Å². The molecule has 0 N–H and O–H groups in total. The minimum Gasteiger partial charge on any atom is -0.331 e. The molecular weight excluding hydrogens is 206 g/mol. The molecule has 0 aliphatic rings. The summed E-state index contributed by atoms with van der Waals surface area (Å²) in [5.74, 6) is 0. The van der Waals surface area contributed by atoms with Crippen LogP contribution in [0.25, 0.3) is 0 Å². The van der Waals surface area contributed by atoms with E-state index in [2.05, 4.69) is 55.8 Å². The predicted molar refractivity (Wildman–Crippen MR) is 77.0 cm³/mol. The van der Waals surface area contributed by atoms with Gasteiger partial charge in [-0.1, -0.05) is 53.9 Å². The molecule has 0 bridgehead atoms. The second kappa shape index (κ2) is 19.8. The van der Waals surface area contributed by atoms with Crippen LogP contribution in [0.3, 0.4) is 0 Å². The van der Waals surface area contributed by atoms with E-state index in [0.29, 0.717) is 0 Å². The van der Waals surface area contributed by atoms with E-state index in [0.717, 1.165) is 4.48 Å². The van der Waals surface area contributed by atoms with Gasteiger partial charge in [0.15, 0.2) is 0 Å². The highest BCUT2D eigenvalue weighted by atomic mass is 35.5. The fourth-order valence-electron chi connectivity index (χ4n) is 0.632. The van der Waals surface area contributed by atoms with Gasteiger partial charge >= 0.3 is 0 Å². The maximum atomic E-state index is 2.23. The monoisotopic (exact) mass is 240 g/mol. The molecule has 0 heterocycles. The Balaban J connectivity index is -0.0000000733. The zero-order valence-electron chi connectivity index (χ0n) is 12.4. The van der Waals surface area contributed by atoms with Crippen LogP contribution < -0.4 is 0 Å². The van der Waals surface area contributed by atoms with E-state index in [4.69, 9.17) is 0 Å². The predicted octanol–water partition coefficient (Wildman–Crippen LogP) is 4.75.